The van der Waals surface area contributed by atoms with E-state index in [1.54, 1.807) is 0 Å². The molecule has 0 spiro atoms. The van der Waals surface area contributed by atoms with Gasteiger partial charge >= 0.3 is 0 Å². The molecule has 4 nitrogen and oxygen atoms in total. The van der Waals surface area contributed by atoms with Crippen molar-refractivity contribution >= 4 is 17.7 Å². The lowest BCUT2D eigenvalue weighted by Gasteiger charge is -2.50. The Kier molecular flexibility index (Phi) is 10.3. The van der Waals surface area contributed by atoms with E-state index in [4.69, 9.17) is 5.41 Å². The molecule has 0 aromatic heterocycles. The van der Waals surface area contributed by atoms with Gasteiger partial charge in [0.05, 0.1) is 17.7 Å². The first-order chi connectivity index (χ1) is 16.5. The molecule has 192 valence electrons. The first-order valence-corrected chi connectivity index (χ1v) is 14.3. The highest BCUT2D eigenvalue weighted by Gasteiger charge is 2.43. The van der Waals surface area contributed by atoms with Crippen LogP contribution in [0.1, 0.15) is 85.5 Å². The number of benzene rings is 1. The summed E-state index contributed by atoms with van der Waals surface area (Å²) in [6.07, 6.45) is 14.1. The highest BCUT2D eigenvalue weighted by atomic mass is 15.2. The lowest BCUT2D eigenvalue weighted by Crippen LogP contribution is -2.41. The predicted molar refractivity (Wildman–Crippen MR) is 149 cm³/mol. The smallest absolute Gasteiger partial charge is 0.0862 e. The SMILES string of the molecule is CC.CC1CC2CC(C)CC(CCN(C)c3ccccc3N(C=N)CCN3CCCCC3)(C1)C2. The zero-order valence-corrected chi connectivity index (χ0v) is 22.9. The van der Waals surface area contributed by atoms with E-state index in [0.29, 0.717) is 5.41 Å². The molecule has 34 heavy (non-hydrogen) atoms. The molecule has 2 bridgehead atoms. The third kappa shape index (κ3) is 6.99. The molecule has 1 N–H and O–H groups in total. The van der Waals surface area contributed by atoms with Crippen molar-refractivity contribution in [3.8, 4) is 0 Å². The van der Waals surface area contributed by atoms with Gasteiger partial charge in [0.25, 0.3) is 0 Å². The fraction of sp³-hybridized carbons (Fsp3) is 0.767. The normalized spacial score (nSPS) is 29.0. The van der Waals surface area contributed by atoms with E-state index in [-0.39, 0.29) is 0 Å². The van der Waals surface area contributed by atoms with Crippen LogP contribution in [0.2, 0.25) is 0 Å². The molecule has 4 heteroatoms. The van der Waals surface area contributed by atoms with Crippen LogP contribution >= 0.6 is 0 Å². The summed E-state index contributed by atoms with van der Waals surface area (Å²) >= 11 is 0. The lowest BCUT2D eigenvalue weighted by molar-refractivity contribution is 0.0132. The molecular formula is C30H52N4. The number of nitrogens with one attached hydrogen (secondary N) is 1. The maximum absolute atomic E-state index is 8.11. The number of nitrogens with zero attached hydrogens (tertiary/aromatic N) is 3. The highest BCUT2D eigenvalue weighted by molar-refractivity contribution is 5.85. The van der Waals surface area contributed by atoms with Gasteiger partial charge in [-0.2, -0.15) is 0 Å². The summed E-state index contributed by atoms with van der Waals surface area (Å²) in [5.74, 6) is 2.74. The van der Waals surface area contributed by atoms with Crippen molar-refractivity contribution in [2.75, 3.05) is 49.6 Å². The van der Waals surface area contributed by atoms with E-state index >= 15 is 0 Å². The first-order valence-electron chi connectivity index (χ1n) is 14.3. The van der Waals surface area contributed by atoms with Crippen LogP contribution in [-0.4, -0.2) is 51.0 Å². The van der Waals surface area contributed by atoms with Crippen LogP contribution in [0.3, 0.4) is 0 Å². The summed E-state index contributed by atoms with van der Waals surface area (Å²) in [5, 5.41) is 8.11. The standard InChI is InChI=1S/C28H46N4.C2H6/c1-23-17-25-18-24(2)20-28(19-23,21-25)11-14-30(3)26-9-5-6-10-27(26)32(22-29)16-15-31-12-7-4-8-13-31;1-2/h5-6,9-10,22-25,29H,4,7-8,11-21H2,1-3H3;1-2H3. The predicted octanol–water partition coefficient (Wildman–Crippen LogP) is 7.29. The molecule has 1 heterocycles. The van der Waals surface area contributed by atoms with Crippen LogP contribution in [0.15, 0.2) is 24.3 Å². The average Bonchev–Trinajstić information content (AvgIpc) is 2.84. The Labute approximate surface area is 210 Å². The second kappa shape index (κ2) is 13.0. The molecule has 0 radical (unpaired) electrons. The van der Waals surface area contributed by atoms with Crippen LogP contribution < -0.4 is 9.80 Å². The van der Waals surface area contributed by atoms with E-state index < -0.39 is 0 Å². The maximum Gasteiger partial charge on any atom is 0.0862 e. The van der Waals surface area contributed by atoms with Crippen LogP contribution in [0.5, 0.6) is 0 Å². The summed E-state index contributed by atoms with van der Waals surface area (Å²) in [6, 6.07) is 8.73. The molecule has 3 aliphatic rings. The van der Waals surface area contributed by atoms with E-state index in [1.165, 1.54) is 88.6 Å². The number of rotatable bonds is 9. The molecule has 2 aliphatic carbocycles. The number of para-hydroxylation sites is 2. The topological polar surface area (TPSA) is 33.6 Å². The molecule has 3 fully saturated rings. The molecule has 1 aromatic rings. The minimum Gasteiger partial charge on any atom is -0.373 e. The van der Waals surface area contributed by atoms with Crippen molar-refractivity contribution in [3.05, 3.63) is 24.3 Å². The number of anilines is 2. The Morgan fingerprint density at radius 3 is 2.18 bits per heavy atom. The molecular weight excluding hydrogens is 416 g/mol. The summed E-state index contributed by atoms with van der Waals surface area (Å²) in [4.78, 5) is 7.19. The van der Waals surface area contributed by atoms with E-state index in [9.17, 15) is 0 Å². The van der Waals surface area contributed by atoms with Gasteiger partial charge in [0, 0.05) is 26.7 Å². The zero-order valence-electron chi connectivity index (χ0n) is 22.9. The van der Waals surface area contributed by atoms with Crippen LogP contribution in [0, 0.1) is 28.6 Å². The van der Waals surface area contributed by atoms with E-state index in [1.807, 2.05) is 13.8 Å². The minimum atomic E-state index is 0.554. The van der Waals surface area contributed by atoms with Crippen LogP contribution in [0.25, 0.3) is 0 Å². The van der Waals surface area contributed by atoms with Gasteiger partial charge in [-0.05, 0) is 99.8 Å². The molecule has 2 saturated carbocycles. The number of likely N-dealkylation sites (tertiary alicyclic amines) is 1. The van der Waals surface area contributed by atoms with Crippen molar-refractivity contribution in [1.82, 2.24) is 4.90 Å². The van der Waals surface area contributed by atoms with Gasteiger partial charge in [-0.15, -0.1) is 0 Å². The molecule has 2 atom stereocenters. The molecule has 1 aliphatic heterocycles. The first kappa shape index (κ1) is 27.0. The summed E-state index contributed by atoms with van der Waals surface area (Å²) in [7, 11) is 2.26. The van der Waals surface area contributed by atoms with Crippen molar-refractivity contribution in [2.24, 2.45) is 23.2 Å². The number of fused-ring (bicyclic) bond motifs is 2. The number of piperidine rings is 1. The van der Waals surface area contributed by atoms with E-state index in [2.05, 4.69) is 59.9 Å². The Hall–Kier alpha value is -1.55. The Morgan fingerprint density at radius 2 is 1.56 bits per heavy atom. The van der Waals surface area contributed by atoms with Gasteiger partial charge in [-0.3, -0.25) is 5.41 Å². The molecule has 1 saturated heterocycles. The van der Waals surface area contributed by atoms with Gasteiger partial charge in [0.2, 0.25) is 0 Å². The van der Waals surface area contributed by atoms with Gasteiger partial charge in [0.15, 0.2) is 0 Å². The molecule has 4 rings (SSSR count). The number of hydrogen-bond donors (Lipinski definition) is 1. The van der Waals surface area contributed by atoms with E-state index in [0.717, 1.165) is 37.4 Å². The van der Waals surface area contributed by atoms with Gasteiger partial charge < -0.3 is 14.7 Å². The quantitative estimate of drug-likeness (QED) is 0.305. The molecule has 1 aromatic carbocycles. The van der Waals surface area contributed by atoms with Gasteiger partial charge in [-0.1, -0.05) is 46.2 Å². The van der Waals surface area contributed by atoms with Crippen molar-refractivity contribution in [1.29, 1.82) is 5.41 Å². The van der Waals surface area contributed by atoms with Crippen molar-refractivity contribution < 1.29 is 0 Å². The largest absolute Gasteiger partial charge is 0.373 e. The molecule has 0 amide bonds. The second-order valence-electron chi connectivity index (χ2n) is 11.5. The van der Waals surface area contributed by atoms with Crippen molar-refractivity contribution in [3.63, 3.8) is 0 Å². The Bertz CT molecular complexity index is 722. The Morgan fingerprint density at radius 1 is 0.941 bits per heavy atom. The molecule has 2 unspecified atom stereocenters. The fourth-order valence-corrected chi connectivity index (χ4v) is 7.46. The minimum absolute atomic E-state index is 0.554. The zero-order chi connectivity index (χ0) is 24.6. The van der Waals surface area contributed by atoms with Crippen molar-refractivity contribution in [2.45, 2.75) is 85.5 Å². The second-order valence-corrected chi connectivity index (χ2v) is 11.5. The average molecular weight is 469 g/mol. The summed E-state index contributed by atoms with van der Waals surface area (Å²) < 4.78 is 0. The van der Waals surface area contributed by atoms with Gasteiger partial charge in [-0.25, -0.2) is 0 Å². The van der Waals surface area contributed by atoms with Crippen LogP contribution in [0.4, 0.5) is 11.4 Å². The lowest BCUT2D eigenvalue weighted by atomic mass is 9.55. The van der Waals surface area contributed by atoms with Gasteiger partial charge in [0.1, 0.15) is 0 Å². The van der Waals surface area contributed by atoms with Crippen LogP contribution in [-0.2, 0) is 0 Å². The Balaban J connectivity index is 0.00000158. The fourth-order valence-electron chi connectivity index (χ4n) is 7.46. The third-order valence-electron chi connectivity index (χ3n) is 8.60. The summed E-state index contributed by atoms with van der Waals surface area (Å²) in [6.45, 7) is 14.5. The summed E-state index contributed by atoms with van der Waals surface area (Å²) in [5.41, 5.74) is 3.01. The monoisotopic (exact) mass is 468 g/mol. The highest BCUT2D eigenvalue weighted by Crippen LogP contribution is 2.54. The number of hydrogen-bond acceptors (Lipinski definition) is 3. The maximum atomic E-state index is 8.11. The third-order valence-corrected chi connectivity index (χ3v) is 8.60.